The van der Waals surface area contributed by atoms with E-state index in [1.807, 2.05) is 12.1 Å². The van der Waals surface area contributed by atoms with E-state index in [1.54, 1.807) is 12.1 Å². The lowest BCUT2D eigenvalue weighted by molar-refractivity contribution is -0.0381. The second-order valence-electron chi connectivity index (χ2n) is 6.36. The Hall–Kier alpha value is -1.87. The van der Waals surface area contributed by atoms with Gasteiger partial charge in [0, 0.05) is 23.8 Å². The van der Waals surface area contributed by atoms with Gasteiger partial charge in [-0.15, -0.1) is 0 Å². The Morgan fingerprint density at radius 3 is 2.77 bits per heavy atom. The van der Waals surface area contributed by atoms with E-state index in [9.17, 15) is 4.39 Å². The summed E-state index contributed by atoms with van der Waals surface area (Å²) in [7, 11) is 0. The molecule has 2 aromatic carbocycles. The van der Waals surface area contributed by atoms with Crippen LogP contribution in [0.2, 0.25) is 0 Å². The van der Waals surface area contributed by atoms with Gasteiger partial charge in [0.2, 0.25) is 0 Å². The fourth-order valence-corrected chi connectivity index (χ4v) is 3.79. The van der Waals surface area contributed by atoms with Crippen LogP contribution in [0.4, 0.5) is 10.1 Å². The SMILES string of the molecule is Cc1ccc2c(c1)C1OCCCC1C(c1ccc(F)cc1)N2. The Morgan fingerprint density at radius 2 is 1.95 bits per heavy atom. The Bertz CT molecular complexity index is 682. The maximum absolute atomic E-state index is 13.2. The van der Waals surface area contributed by atoms with Crippen LogP contribution in [0, 0.1) is 18.7 Å². The number of hydrogen-bond acceptors (Lipinski definition) is 2. The minimum absolute atomic E-state index is 0.139. The predicted octanol–water partition coefficient (Wildman–Crippen LogP) is 4.77. The Balaban J connectivity index is 1.77. The van der Waals surface area contributed by atoms with Crippen molar-refractivity contribution in [1.29, 1.82) is 0 Å². The molecule has 3 heteroatoms. The summed E-state index contributed by atoms with van der Waals surface area (Å²) >= 11 is 0. The molecule has 0 aromatic heterocycles. The molecule has 3 unspecified atom stereocenters. The second kappa shape index (κ2) is 5.40. The molecule has 4 rings (SSSR count). The topological polar surface area (TPSA) is 21.3 Å². The minimum Gasteiger partial charge on any atom is -0.378 e. The lowest BCUT2D eigenvalue weighted by atomic mass is 9.77. The number of fused-ring (bicyclic) bond motifs is 3. The number of benzene rings is 2. The molecule has 0 saturated carbocycles. The van der Waals surface area contributed by atoms with Crippen molar-refractivity contribution in [3.8, 4) is 0 Å². The number of hydrogen-bond donors (Lipinski definition) is 1. The lowest BCUT2D eigenvalue weighted by Gasteiger charge is -2.43. The first-order valence-corrected chi connectivity index (χ1v) is 7.96. The highest BCUT2D eigenvalue weighted by Gasteiger charge is 2.39. The van der Waals surface area contributed by atoms with Crippen molar-refractivity contribution >= 4 is 5.69 Å². The average molecular weight is 297 g/mol. The highest BCUT2D eigenvalue weighted by Crippen LogP contribution is 2.49. The fraction of sp³-hybridized carbons (Fsp3) is 0.368. The molecular weight excluding hydrogens is 277 g/mol. The summed E-state index contributed by atoms with van der Waals surface area (Å²) in [5.41, 5.74) is 4.80. The first kappa shape index (κ1) is 13.8. The molecule has 1 saturated heterocycles. The third-order valence-electron chi connectivity index (χ3n) is 4.85. The molecule has 0 amide bonds. The number of halogens is 1. The summed E-state index contributed by atoms with van der Waals surface area (Å²) < 4.78 is 19.3. The fourth-order valence-electron chi connectivity index (χ4n) is 3.79. The van der Waals surface area contributed by atoms with E-state index in [0.29, 0.717) is 5.92 Å². The zero-order valence-electron chi connectivity index (χ0n) is 12.7. The van der Waals surface area contributed by atoms with Crippen LogP contribution >= 0.6 is 0 Å². The van der Waals surface area contributed by atoms with Crippen LogP contribution in [0.15, 0.2) is 42.5 Å². The molecule has 0 aliphatic carbocycles. The summed E-state index contributed by atoms with van der Waals surface area (Å²) in [5.74, 6) is 0.209. The molecule has 2 heterocycles. The molecule has 2 nitrogen and oxygen atoms in total. The van der Waals surface area contributed by atoms with Gasteiger partial charge in [0.1, 0.15) is 5.82 Å². The van der Waals surface area contributed by atoms with Gasteiger partial charge in [-0.1, -0.05) is 29.8 Å². The third kappa shape index (κ3) is 2.30. The third-order valence-corrected chi connectivity index (χ3v) is 4.85. The highest BCUT2D eigenvalue weighted by atomic mass is 19.1. The van der Waals surface area contributed by atoms with Crippen LogP contribution in [-0.2, 0) is 4.74 Å². The zero-order chi connectivity index (χ0) is 15.1. The molecule has 1 N–H and O–H groups in total. The van der Waals surface area contributed by atoms with Gasteiger partial charge in [-0.2, -0.15) is 0 Å². The lowest BCUT2D eigenvalue weighted by Crippen LogP contribution is -2.36. The molecule has 2 aromatic rings. The predicted molar refractivity (Wildman–Crippen MR) is 85.4 cm³/mol. The quantitative estimate of drug-likeness (QED) is 0.818. The molecule has 3 atom stereocenters. The van der Waals surface area contributed by atoms with Gasteiger partial charge in [0.25, 0.3) is 0 Å². The Labute approximate surface area is 130 Å². The van der Waals surface area contributed by atoms with Crippen molar-refractivity contribution in [2.45, 2.75) is 31.9 Å². The van der Waals surface area contributed by atoms with Crippen molar-refractivity contribution < 1.29 is 9.13 Å². The molecule has 22 heavy (non-hydrogen) atoms. The average Bonchev–Trinajstić information content (AvgIpc) is 2.55. The number of aryl methyl sites for hydroxylation is 1. The molecule has 1 fully saturated rings. The van der Waals surface area contributed by atoms with Crippen molar-refractivity contribution in [3.63, 3.8) is 0 Å². The van der Waals surface area contributed by atoms with E-state index < -0.39 is 0 Å². The number of ether oxygens (including phenoxy) is 1. The normalized spacial score (nSPS) is 26.7. The van der Waals surface area contributed by atoms with E-state index in [1.165, 1.54) is 11.1 Å². The summed E-state index contributed by atoms with van der Waals surface area (Å²) in [4.78, 5) is 0. The van der Waals surface area contributed by atoms with Crippen molar-refractivity contribution in [2.24, 2.45) is 5.92 Å². The first-order chi connectivity index (χ1) is 10.7. The molecule has 0 bridgehead atoms. The zero-order valence-corrected chi connectivity index (χ0v) is 12.7. The van der Waals surface area contributed by atoms with Gasteiger partial charge in [0.05, 0.1) is 12.1 Å². The number of nitrogens with one attached hydrogen (secondary N) is 1. The van der Waals surface area contributed by atoms with Crippen LogP contribution in [0.1, 0.15) is 41.7 Å². The van der Waals surface area contributed by atoms with E-state index in [2.05, 4.69) is 30.4 Å². The highest BCUT2D eigenvalue weighted by molar-refractivity contribution is 5.58. The smallest absolute Gasteiger partial charge is 0.123 e. The summed E-state index contributed by atoms with van der Waals surface area (Å²) in [6, 6.07) is 13.5. The van der Waals surface area contributed by atoms with Gasteiger partial charge in [-0.25, -0.2) is 4.39 Å². The first-order valence-electron chi connectivity index (χ1n) is 7.96. The number of rotatable bonds is 1. The van der Waals surface area contributed by atoms with E-state index in [-0.39, 0.29) is 18.0 Å². The maximum atomic E-state index is 13.2. The van der Waals surface area contributed by atoms with Crippen LogP contribution in [0.3, 0.4) is 0 Å². The van der Waals surface area contributed by atoms with E-state index in [0.717, 1.165) is 30.7 Å². The minimum atomic E-state index is -0.188. The molecule has 114 valence electrons. The van der Waals surface area contributed by atoms with E-state index >= 15 is 0 Å². The van der Waals surface area contributed by atoms with Crippen LogP contribution in [0.25, 0.3) is 0 Å². The van der Waals surface area contributed by atoms with E-state index in [4.69, 9.17) is 4.74 Å². The van der Waals surface area contributed by atoms with Crippen molar-refractivity contribution in [3.05, 3.63) is 65.0 Å². The molecule has 0 spiro atoms. The van der Waals surface area contributed by atoms with Gasteiger partial charge in [0.15, 0.2) is 0 Å². The maximum Gasteiger partial charge on any atom is 0.123 e. The Kier molecular flexibility index (Phi) is 3.38. The van der Waals surface area contributed by atoms with Gasteiger partial charge in [-0.05, 0) is 43.5 Å². The summed E-state index contributed by atoms with van der Waals surface area (Å²) in [6.45, 7) is 2.94. The summed E-state index contributed by atoms with van der Waals surface area (Å²) in [5, 5.41) is 3.66. The largest absolute Gasteiger partial charge is 0.378 e. The van der Waals surface area contributed by atoms with Gasteiger partial charge >= 0.3 is 0 Å². The van der Waals surface area contributed by atoms with Crippen LogP contribution in [0.5, 0.6) is 0 Å². The second-order valence-corrected chi connectivity index (χ2v) is 6.36. The molecule has 0 radical (unpaired) electrons. The van der Waals surface area contributed by atoms with Crippen molar-refractivity contribution in [2.75, 3.05) is 11.9 Å². The monoisotopic (exact) mass is 297 g/mol. The number of anilines is 1. The van der Waals surface area contributed by atoms with Gasteiger partial charge in [-0.3, -0.25) is 0 Å². The summed E-state index contributed by atoms with van der Waals surface area (Å²) in [6.07, 6.45) is 2.36. The standard InChI is InChI=1S/C19H20FNO/c1-12-4-9-17-16(11-12)19-15(3-2-10-22-19)18(21-17)13-5-7-14(20)8-6-13/h4-9,11,15,18-19,21H,2-3,10H2,1H3. The van der Waals surface area contributed by atoms with Crippen LogP contribution < -0.4 is 5.32 Å². The molecule has 2 aliphatic heterocycles. The Morgan fingerprint density at radius 1 is 1.14 bits per heavy atom. The van der Waals surface area contributed by atoms with Crippen LogP contribution in [-0.4, -0.2) is 6.61 Å². The molecular formula is C19H20FNO. The molecule has 2 aliphatic rings. The van der Waals surface area contributed by atoms with Crippen molar-refractivity contribution in [1.82, 2.24) is 0 Å². The van der Waals surface area contributed by atoms with Gasteiger partial charge < -0.3 is 10.1 Å².